The lowest BCUT2D eigenvalue weighted by Gasteiger charge is -2.27. The molecule has 0 aromatic heterocycles. The van der Waals surface area contributed by atoms with Gasteiger partial charge in [0, 0.05) is 6.04 Å². The average Bonchev–Trinajstić information content (AvgIpc) is 2.30. The third kappa shape index (κ3) is 5.48. The van der Waals surface area contributed by atoms with E-state index in [1.54, 1.807) is 26.8 Å². The van der Waals surface area contributed by atoms with Crippen LogP contribution in [-0.2, 0) is 14.3 Å². The van der Waals surface area contributed by atoms with Crippen molar-refractivity contribution in [2.24, 2.45) is 5.73 Å². The molecule has 22 heavy (non-hydrogen) atoms. The lowest BCUT2D eigenvalue weighted by molar-refractivity contribution is -0.157. The van der Waals surface area contributed by atoms with Crippen LogP contribution in [0.2, 0.25) is 10.0 Å². The lowest BCUT2D eigenvalue weighted by Crippen LogP contribution is -2.39. The highest BCUT2D eigenvalue weighted by atomic mass is 35.5. The van der Waals surface area contributed by atoms with E-state index in [1.807, 2.05) is 0 Å². The van der Waals surface area contributed by atoms with E-state index < -0.39 is 29.5 Å². The molecule has 1 aromatic carbocycles. The fourth-order valence-electron chi connectivity index (χ4n) is 1.95. The first-order chi connectivity index (χ1) is 10.0. The van der Waals surface area contributed by atoms with Crippen molar-refractivity contribution in [3.8, 4) is 0 Å². The summed E-state index contributed by atoms with van der Waals surface area (Å²) >= 11 is 11.8. The van der Waals surface area contributed by atoms with Gasteiger partial charge in [0.15, 0.2) is 0 Å². The highest BCUT2D eigenvalue weighted by Gasteiger charge is 2.33. The maximum Gasteiger partial charge on any atom is 0.315 e. The molecular formula is C15H19Cl2NO4. The average molecular weight is 348 g/mol. The third-order valence-corrected chi connectivity index (χ3v) is 3.54. The number of rotatable bonds is 5. The van der Waals surface area contributed by atoms with Crippen LogP contribution in [0.3, 0.4) is 0 Å². The minimum Gasteiger partial charge on any atom is -0.481 e. The van der Waals surface area contributed by atoms with Gasteiger partial charge in [0.25, 0.3) is 0 Å². The first-order valence-corrected chi connectivity index (χ1v) is 7.42. The third-order valence-electron chi connectivity index (χ3n) is 2.80. The van der Waals surface area contributed by atoms with E-state index in [4.69, 9.17) is 38.8 Å². The Labute approximate surface area is 139 Å². The number of aliphatic carboxylic acids is 1. The number of esters is 1. The molecule has 3 N–H and O–H groups in total. The Morgan fingerprint density at radius 1 is 1.27 bits per heavy atom. The molecule has 0 unspecified atom stereocenters. The summed E-state index contributed by atoms with van der Waals surface area (Å²) in [4.78, 5) is 23.3. The standard InChI is InChI=1S/C15H19Cl2NO4/c1-15(2,3)22-14(21)13(11(18)7-12(19)20)8-4-5-9(16)10(17)6-8/h4-6,11,13H,7,18H2,1-3H3,(H,19,20)/t11-,13+/m0/s1. The van der Waals surface area contributed by atoms with E-state index in [-0.39, 0.29) is 11.4 Å². The topological polar surface area (TPSA) is 89.6 Å². The van der Waals surface area contributed by atoms with Crippen LogP contribution in [0.15, 0.2) is 18.2 Å². The number of carboxylic acid groups (broad SMARTS) is 1. The fraction of sp³-hybridized carbons (Fsp3) is 0.467. The second-order valence-electron chi connectivity index (χ2n) is 5.95. The van der Waals surface area contributed by atoms with Crippen molar-refractivity contribution >= 4 is 35.1 Å². The zero-order chi connectivity index (χ0) is 17.1. The van der Waals surface area contributed by atoms with E-state index in [0.717, 1.165) is 0 Å². The van der Waals surface area contributed by atoms with E-state index in [0.29, 0.717) is 10.6 Å². The Bertz CT molecular complexity index is 569. The molecule has 5 nitrogen and oxygen atoms in total. The first-order valence-electron chi connectivity index (χ1n) is 6.66. The quantitative estimate of drug-likeness (QED) is 0.798. The number of hydrogen-bond acceptors (Lipinski definition) is 4. The van der Waals surface area contributed by atoms with Crippen LogP contribution >= 0.6 is 23.2 Å². The molecule has 1 aromatic rings. The van der Waals surface area contributed by atoms with Gasteiger partial charge in [-0.15, -0.1) is 0 Å². The minimum atomic E-state index is -1.10. The Kier molecular flexibility index (Phi) is 6.23. The van der Waals surface area contributed by atoms with Crippen LogP contribution in [0.5, 0.6) is 0 Å². The molecule has 0 aliphatic heterocycles. The Hall–Kier alpha value is -1.30. The number of benzene rings is 1. The summed E-state index contributed by atoms with van der Waals surface area (Å²) in [5.41, 5.74) is 5.66. The highest BCUT2D eigenvalue weighted by molar-refractivity contribution is 6.42. The van der Waals surface area contributed by atoms with Crippen LogP contribution in [0.25, 0.3) is 0 Å². The zero-order valence-electron chi connectivity index (χ0n) is 12.6. The SMILES string of the molecule is CC(C)(C)OC(=O)[C@H](c1ccc(Cl)c(Cl)c1)[C@@H](N)CC(=O)O. The molecule has 0 saturated carbocycles. The van der Waals surface area contributed by atoms with E-state index in [9.17, 15) is 9.59 Å². The number of nitrogens with two attached hydrogens (primary N) is 1. The largest absolute Gasteiger partial charge is 0.481 e. The summed E-state index contributed by atoms with van der Waals surface area (Å²) < 4.78 is 5.34. The predicted molar refractivity (Wildman–Crippen MR) is 85.3 cm³/mol. The highest BCUT2D eigenvalue weighted by Crippen LogP contribution is 2.30. The van der Waals surface area contributed by atoms with Crippen molar-refractivity contribution in [2.45, 2.75) is 44.8 Å². The molecular weight excluding hydrogens is 329 g/mol. The fourth-order valence-corrected chi connectivity index (χ4v) is 2.26. The number of halogens is 2. The molecule has 0 radical (unpaired) electrons. The Balaban J connectivity index is 3.17. The minimum absolute atomic E-state index is 0.259. The van der Waals surface area contributed by atoms with Gasteiger partial charge >= 0.3 is 11.9 Å². The summed E-state index contributed by atoms with van der Waals surface area (Å²) in [6.07, 6.45) is -0.371. The molecule has 0 spiro atoms. The van der Waals surface area contributed by atoms with Crippen LogP contribution in [-0.4, -0.2) is 28.7 Å². The molecule has 122 valence electrons. The van der Waals surface area contributed by atoms with Gasteiger partial charge in [0.05, 0.1) is 22.4 Å². The van der Waals surface area contributed by atoms with Gasteiger partial charge in [0.2, 0.25) is 0 Å². The van der Waals surface area contributed by atoms with Crippen molar-refractivity contribution in [1.82, 2.24) is 0 Å². The number of carbonyl (C=O) groups is 2. The molecule has 0 aliphatic rings. The molecule has 0 amide bonds. The normalized spacial score (nSPS) is 14.3. The molecule has 0 saturated heterocycles. The van der Waals surface area contributed by atoms with Crippen LogP contribution in [0.4, 0.5) is 0 Å². The van der Waals surface area contributed by atoms with Crippen molar-refractivity contribution in [3.63, 3.8) is 0 Å². The molecule has 2 atom stereocenters. The van der Waals surface area contributed by atoms with Gasteiger partial charge in [-0.2, -0.15) is 0 Å². The summed E-state index contributed by atoms with van der Waals surface area (Å²) in [6.45, 7) is 5.17. The second kappa shape index (κ2) is 7.31. The van der Waals surface area contributed by atoms with Gasteiger partial charge in [-0.25, -0.2) is 0 Å². The number of carbonyl (C=O) groups excluding carboxylic acids is 1. The number of carboxylic acids is 1. The van der Waals surface area contributed by atoms with Gasteiger partial charge in [-0.3, -0.25) is 9.59 Å². The predicted octanol–water partition coefficient (Wildman–Crippen LogP) is 3.22. The summed E-state index contributed by atoms with van der Waals surface area (Å²) in [7, 11) is 0. The molecule has 7 heteroatoms. The van der Waals surface area contributed by atoms with Crippen molar-refractivity contribution in [3.05, 3.63) is 33.8 Å². The van der Waals surface area contributed by atoms with E-state index >= 15 is 0 Å². The molecule has 0 fully saturated rings. The van der Waals surface area contributed by atoms with Gasteiger partial charge in [-0.1, -0.05) is 29.3 Å². The maximum absolute atomic E-state index is 12.4. The van der Waals surface area contributed by atoms with Crippen LogP contribution < -0.4 is 5.73 Å². The molecule has 1 rings (SSSR count). The molecule has 0 bridgehead atoms. The summed E-state index contributed by atoms with van der Waals surface area (Å²) in [5, 5.41) is 9.51. The number of hydrogen-bond donors (Lipinski definition) is 2. The van der Waals surface area contributed by atoms with Gasteiger partial charge in [0.1, 0.15) is 5.60 Å². The Morgan fingerprint density at radius 2 is 1.86 bits per heavy atom. The zero-order valence-corrected chi connectivity index (χ0v) is 14.1. The van der Waals surface area contributed by atoms with Crippen molar-refractivity contribution in [2.75, 3.05) is 0 Å². The van der Waals surface area contributed by atoms with Gasteiger partial charge in [-0.05, 0) is 38.5 Å². The maximum atomic E-state index is 12.4. The lowest BCUT2D eigenvalue weighted by atomic mass is 9.90. The van der Waals surface area contributed by atoms with Crippen LogP contribution in [0.1, 0.15) is 38.7 Å². The number of ether oxygens (including phenoxy) is 1. The van der Waals surface area contributed by atoms with Gasteiger partial charge < -0.3 is 15.6 Å². The molecule has 0 heterocycles. The first kappa shape index (κ1) is 18.7. The summed E-state index contributed by atoms with van der Waals surface area (Å²) in [6, 6.07) is 3.68. The van der Waals surface area contributed by atoms with Crippen molar-refractivity contribution < 1.29 is 19.4 Å². The second-order valence-corrected chi connectivity index (χ2v) is 6.76. The van der Waals surface area contributed by atoms with E-state index in [2.05, 4.69) is 0 Å². The Morgan fingerprint density at radius 3 is 2.32 bits per heavy atom. The summed E-state index contributed by atoms with van der Waals surface area (Å²) in [5.74, 6) is -2.63. The van der Waals surface area contributed by atoms with Crippen molar-refractivity contribution in [1.29, 1.82) is 0 Å². The monoisotopic (exact) mass is 347 g/mol. The molecule has 0 aliphatic carbocycles. The van der Waals surface area contributed by atoms with Crippen LogP contribution in [0, 0.1) is 0 Å². The van der Waals surface area contributed by atoms with E-state index in [1.165, 1.54) is 12.1 Å². The smallest absolute Gasteiger partial charge is 0.315 e.